The van der Waals surface area contributed by atoms with Gasteiger partial charge in [-0.3, -0.25) is 4.90 Å². The summed E-state index contributed by atoms with van der Waals surface area (Å²) in [5.74, 6) is 2.38. The topological polar surface area (TPSA) is 63.2 Å². The highest BCUT2D eigenvalue weighted by molar-refractivity contribution is 5.46. The lowest BCUT2D eigenvalue weighted by Crippen LogP contribution is -2.36. The Morgan fingerprint density at radius 1 is 1.08 bits per heavy atom. The average Bonchev–Trinajstić information content (AvgIpc) is 2.81. The lowest BCUT2D eigenvalue weighted by molar-refractivity contribution is 0.273. The van der Waals surface area contributed by atoms with Gasteiger partial charge in [-0.05, 0) is 43.5 Å². The van der Waals surface area contributed by atoms with Gasteiger partial charge in [-0.25, -0.2) is 4.39 Å². The Labute approximate surface area is 153 Å². The Kier molecular flexibility index (Phi) is 4.91. The van der Waals surface area contributed by atoms with Gasteiger partial charge >= 0.3 is 0 Å². The first kappa shape index (κ1) is 17.4. The quantitative estimate of drug-likeness (QED) is 0.904. The first-order valence-corrected chi connectivity index (χ1v) is 9.47. The molecule has 0 atom stereocenters. The monoisotopic (exact) mass is 358 g/mol. The number of halogens is 1. The molecule has 7 heteroatoms. The molecule has 1 aliphatic carbocycles. The van der Waals surface area contributed by atoms with Crippen LogP contribution in [0.15, 0.2) is 24.3 Å². The minimum atomic E-state index is -0.185. The van der Waals surface area contributed by atoms with Crippen molar-refractivity contribution in [3.05, 3.63) is 41.7 Å². The highest BCUT2D eigenvalue weighted by atomic mass is 19.1. The second-order valence-electron chi connectivity index (χ2n) is 7.56. The summed E-state index contributed by atoms with van der Waals surface area (Å²) in [5, 5.41) is 8.85. The molecule has 2 aliphatic rings. The molecule has 0 spiro atoms. The third-order valence-corrected chi connectivity index (χ3v) is 5.68. The third-order valence-electron chi connectivity index (χ3n) is 5.68. The van der Waals surface area contributed by atoms with E-state index in [1.54, 1.807) is 0 Å². The van der Waals surface area contributed by atoms with Crippen molar-refractivity contribution >= 4 is 5.69 Å². The zero-order valence-electron chi connectivity index (χ0n) is 15.3. The van der Waals surface area contributed by atoms with Gasteiger partial charge in [0.05, 0.1) is 6.54 Å². The molecule has 0 bridgehead atoms. The predicted molar refractivity (Wildman–Crippen MR) is 99.5 cm³/mol. The maximum atomic E-state index is 13.1. The molecule has 2 heterocycles. The van der Waals surface area contributed by atoms with Crippen LogP contribution in [0.4, 0.5) is 10.1 Å². The molecule has 1 aliphatic heterocycles. The third kappa shape index (κ3) is 3.59. The molecule has 2 aromatic rings. The van der Waals surface area contributed by atoms with E-state index in [4.69, 9.17) is 5.73 Å². The molecule has 2 fully saturated rings. The number of rotatable bonds is 4. The molecular formula is C19H27FN6. The van der Waals surface area contributed by atoms with E-state index in [1.807, 2.05) is 12.1 Å². The van der Waals surface area contributed by atoms with Gasteiger partial charge in [0.15, 0.2) is 0 Å². The molecule has 1 aromatic heterocycles. The number of benzene rings is 1. The molecule has 0 unspecified atom stereocenters. The molecule has 6 nitrogen and oxygen atoms in total. The molecule has 26 heavy (non-hydrogen) atoms. The maximum absolute atomic E-state index is 13.1. The molecule has 140 valence electrons. The minimum Gasteiger partial charge on any atom is -0.370 e. The highest BCUT2D eigenvalue weighted by Crippen LogP contribution is 2.34. The Morgan fingerprint density at radius 3 is 2.58 bits per heavy atom. The largest absolute Gasteiger partial charge is 0.370 e. The Morgan fingerprint density at radius 2 is 1.85 bits per heavy atom. The van der Waals surface area contributed by atoms with Crippen LogP contribution < -0.4 is 10.6 Å². The van der Waals surface area contributed by atoms with Crippen LogP contribution in [0.2, 0.25) is 0 Å². The van der Waals surface area contributed by atoms with Crippen LogP contribution in [0, 0.1) is 5.82 Å². The number of hydrogen-bond acceptors (Lipinski definition) is 5. The minimum absolute atomic E-state index is 0.185. The summed E-state index contributed by atoms with van der Waals surface area (Å²) in [7, 11) is 2.07. The summed E-state index contributed by atoms with van der Waals surface area (Å²) >= 11 is 0. The van der Waals surface area contributed by atoms with E-state index in [1.165, 1.54) is 12.1 Å². The molecule has 4 rings (SSSR count). The summed E-state index contributed by atoms with van der Waals surface area (Å²) in [6.45, 7) is 4.75. The number of hydrogen-bond donors (Lipinski definition) is 1. The average molecular weight is 358 g/mol. The van der Waals surface area contributed by atoms with Crippen LogP contribution in [0.25, 0.3) is 0 Å². The fourth-order valence-electron chi connectivity index (χ4n) is 3.98. The van der Waals surface area contributed by atoms with E-state index < -0.39 is 0 Å². The predicted octanol–water partition coefficient (Wildman–Crippen LogP) is 1.87. The van der Waals surface area contributed by atoms with Crippen molar-refractivity contribution in [3.8, 4) is 0 Å². The van der Waals surface area contributed by atoms with E-state index in [2.05, 4.69) is 31.6 Å². The summed E-state index contributed by atoms with van der Waals surface area (Å²) in [5.41, 5.74) is 7.00. The van der Waals surface area contributed by atoms with E-state index in [9.17, 15) is 4.39 Å². The molecule has 0 amide bonds. The molecular weight excluding hydrogens is 331 g/mol. The first-order valence-electron chi connectivity index (χ1n) is 9.47. The summed E-state index contributed by atoms with van der Waals surface area (Å²) in [4.78, 5) is 4.76. The van der Waals surface area contributed by atoms with Crippen molar-refractivity contribution in [2.75, 3.05) is 31.1 Å². The second kappa shape index (κ2) is 7.32. The van der Waals surface area contributed by atoms with Crippen molar-refractivity contribution in [1.29, 1.82) is 0 Å². The normalized spacial score (nSPS) is 24.3. The molecule has 1 aromatic carbocycles. The fraction of sp³-hybridized carbons (Fsp3) is 0.579. The van der Waals surface area contributed by atoms with Gasteiger partial charge in [-0.2, -0.15) is 0 Å². The van der Waals surface area contributed by atoms with Crippen LogP contribution in [0.5, 0.6) is 0 Å². The van der Waals surface area contributed by atoms with Crippen LogP contribution in [-0.4, -0.2) is 51.9 Å². The van der Waals surface area contributed by atoms with Gasteiger partial charge in [-0.1, -0.05) is 0 Å². The van der Waals surface area contributed by atoms with E-state index in [0.717, 1.165) is 69.3 Å². The number of nitrogens with zero attached hydrogens (tertiary/aromatic N) is 5. The molecule has 0 radical (unpaired) electrons. The fourth-order valence-corrected chi connectivity index (χ4v) is 3.98. The van der Waals surface area contributed by atoms with Gasteiger partial charge < -0.3 is 15.2 Å². The maximum Gasteiger partial charge on any atom is 0.146 e. The first-order chi connectivity index (χ1) is 12.6. The van der Waals surface area contributed by atoms with Crippen molar-refractivity contribution < 1.29 is 4.39 Å². The van der Waals surface area contributed by atoms with Crippen molar-refractivity contribution in [2.45, 2.75) is 37.8 Å². The Balaban J connectivity index is 1.37. The Hall–Kier alpha value is -1.99. The van der Waals surface area contributed by atoms with Gasteiger partial charge in [0.2, 0.25) is 0 Å². The number of anilines is 1. The van der Waals surface area contributed by atoms with Crippen molar-refractivity contribution in [2.24, 2.45) is 12.8 Å². The summed E-state index contributed by atoms with van der Waals surface area (Å²) < 4.78 is 15.3. The second-order valence-corrected chi connectivity index (χ2v) is 7.56. The van der Waals surface area contributed by atoms with Crippen molar-refractivity contribution in [3.63, 3.8) is 0 Å². The molecule has 2 N–H and O–H groups in total. The number of aromatic nitrogens is 3. The van der Waals surface area contributed by atoms with E-state index in [-0.39, 0.29) is 5.82 Å². The smallest absolute Gasteiger partial charge is 0.146 e. The van der Waals surface area contributed by atoms with Crippen LogP contribution in [-0.2, 0) is 13.6 Å². The van der Waals surface area contributed by atoms with E-state index >= 15 is 0 Å². The zero-order valence-corrected chi connectivity index (χ0v) is 15.3. The molecule has 1 saturated carbocycles. The van der Waals surface area contributed by atoms with Gasteiger partial charge in [-0.15, -0.1) is 10.2 Å². The standard InChI is InChI=1S/C19H27FN6/c1-24-18(22-23-19(24)14-11-16(21)12-14)13-25-7-2-8-26(10-9-25)17-5-3-15(20)4-6-17/h3-6,14,16H,2,7-13,21H2,1H3. The molecule has 1 saturated heterocycles. The van der Waals surface area contributed by atoms with E-state index in [0.29, 0.717) is 12.0 Å². The zero-order chi connectivity index (χ0) is 18.1. The van der Waals surface area contributed by atoms with Crippen LogP contribution >= 0.6 is 0 Å². The van der Waals surface area contributed by atoms with Gasteiger partial charge in [0.1, 0.15) is 17.5 Å². The summed E-state index contributed by atoms with van der Waals surface area (Å²) in [6.07, 6.45) is 3.12. The van der Waals surface area contributed by atoms with Crippen LogP contribution in [0.1, 0.15) is 36.8 Å². The van der Waals surface area contributed by atoms with Gasteiger partial charge in [0.25, 0.3) is 0 Å². The number of nitrogens with two attached hydrogens (primary N) is 1. The van der Waals surface area contributed by atoms with Gasteiger partial charge in [0, 0.05) is 50.9 Å². The summed E-state index contributed by atoms with van der Waals surface area (Å²) in [6, 6.07) is 7.12. The highest BCUT2D eigenvalue weighted by Gasteiger charge is 2.31. The Bertz CT molecular complexity index is 737. The van der Waals surface area contributed by atoms with Crippen LogP contribution in [0.3, 0.4) is 0 Å². The lowest BCUT2D eigenvalue weighted by Gasteiger charge is -2.31. The SMILES string of the molecule is Cn1c(CN2CCCN(c3ccc(F)cc3)CC2)nnc1C1CC(N)C1. The van der Waals surface area contributed by atoms with Crippen molar-refractivity contribution in [1.82, 2.24) is 19.7 Å². The lowest BCUT2D eigenvalue weighted by atomic mass is 9.80.